The van der Waals surface area contributed by atoms with Crippen molar-refractivity contribution < 1.29 is 4.74 Å². The van der Waals surface area contributed by atoms with Gasteiger partial charge in [-0.15, -0.1) is 0 Å². The van der Waals surface area contributed by atoms with E-state index in [1.807, 2.05) is 18.2 Å². The molecule has 0 spiro atoms. The van der Waals surface area contributed by atoms with Crippen molar-refractivity contribution in [2.45, 2.75) is 18.9 Å². The number of hydrogen-bond donors (Lipinski definition) is 1. The molecule has 0 amide bonds. The van der Waals surface area contributed by atoms with Crippen LogP contribution in [0.25, 0.3) is 0 Å². The van der Waals surface area contributed by atoms with E-state index < -0.39 is 0 Å². The number of anilines is 3. The fraction of sp³-hybridized carbons (Fsp3) is 0.444. The average Bonchev–Trinajstić information content (AvgIpc) is 3.17. The third-order valence-corrected chi connectivity index (χ3v) is 4.71. The highest BCUT2D eigenvalue weighted by atomic mass is 16.5. The summed E-state index contributed by atoms with van der Waals surface area (Å²) < 4.78 is 5.95. The van der Waals surface area contributed by atoms with Crippen LogP contribution in [0.1, 0.15) is 24.5 Å². The molecule has 6 heteroatoms. The number of morpholine rings is 1. The molecule has 2 fully saturated rings. The number of ether oxygens (including phenoxy) is 1. The summed E-state index contributed by atoms with van der Waals surface area (Å²) >= 11 is 0. The van der Waals surface area contributed by atoms with Crippen molar-refractivity contribution in [3.8, 4) is 0 Å². The van der Waals surface area contributed by atoms with Crippen molar-refractivity contribution in [3.63, 3.8) is 0 Å². The maximum absolute atomic E-state index is 5.97. The van der Waals surface area contributed by atoms with Gasteiger partial charge in [0, 0.05) is 32.2 Å². The lowest BCUT2D eigenvalue weighted by Gasteiger charge is -2.34. The lowest BCUT2D eigenvalue weighted by Crippen LogP contribution is -2.39. The first-order chi connectivity index (χ1) is 11.8. The highest BCUT2D eigenvalue weighted by molar-refractivity contribution is 5.54. The summed E-state index contributed by atoms with van der Waals surface area (Å²) in [5.41, 5.74) is 7.17. The van der Waals surface area contributed by atoms with Gasteiger partial charge in [0.2, 0.25) is 5.95 Å². The van der Waals surface area contributed by atoms with E-state index in [1.165, 1.54) is 18.4 Å². The Kier molecular flexibility index (Phi) is 4.21. The molecule has 2 aliphatic rings. The van der Waals surface area contributed by atoms with Crippen LogP contribution in [0, 0.1) is 0 Å². The van der Waals surface area contributed by atoms with Crippen LogP contribution in [0.2, 0.25) is 0 Å². The molecule has 126 valence electrons. The zero-order valence-corrected chi connectivity index (χ0v) is 13.8. The van der Waals surface area contributed by atoms with Gasteiger partial charge in [0.25, 0.3) is 0 Å². The second-order valence-corrected chi connectivity index (χ2v) is 6.35. The van der Waals surface area contributed by atoms with E-state index in [2.05, 4.69) is 38.0 Å². The number of benzene rings is 1. The maximum atomic E-state index is 5.97. The highest BCUT2D eigenvalue weighted by Gasteiger charge is 2.24. The average molecular weight is 325 g/mol. The van der Waals surface area contributed by atoms with Gasteiger partial charge >= 0.3 is 0 Å². The highest BCUT2D eigenvalue weighted by Crippen LogP contribution is 2.28. The van der Waals surface area contributed by atoms with Gasteiger partial charge in [-0.1, -0.05) is 30.3 Å². The smallest absolute Gasteiger partial charge is 0.223 e. The van der Waals surface area contributed by atoms with E-state index in [4.69, 9.17) is 10.5 Å². The lowest BCUT2D eigenvalue weighted by molar-refractivity contribution is 0.0395. The fourth-order valence-corrected chi connectivity index (χ4v) is 3.44. The molecule has 2 N–H and O–H groups in total. The maximum Gasteiger partial charge on any atom is 0.223 e. The summed E-state index contributed by atoms with van der Waals surface area (Å²) in [5.74, 6) is 2.18. The molecule has 0 aliphatic carbocycles. The molecule has 0 saturated carbocycles. The Labute approximate surface area is 142 Å². The first kappa shape index (κ1) is 15.2. The predicted molar refractivity (Wildman–Crippen MR) is 95.2 cm³/mol. The summed E-state index contributed by atoms with van der Waals surface area (Å²) in [7, 11) is 0. The molecule has 0 radical (unpaired) electrons. The van der Waals surface area contributed by atoms with Gasteiger partial charge < -0.3 is 20.3 Å². The molecule has 24 heavy (non-hydrogen) atoms. The van der Waals surface area contributed by atoms with Gasteiger partial charge in [-0.3, -0.25) is 0 Å². The van der Waals surface area contributed by atoms with Gasteiger partial charge in [0.05, 0.1) is 6.61 Å². The van der Waals surface area contributed by atoms with Crippen molar-refractivity contribution >= 4 is 17.6 Å². The lowest BCUT2D eigenvalue weighted by atomic mass is 10.1. The summed E-state index contributed by atoms with van der Waals surface area (Å²) in [6.45, 7) is 4.37. The monoisotopic (exact) mass is 325 g/mol. The number of nitrogen functional groups attached to an aromatic ring is 1. The molecule has 2 aliphatic heterocycles. The van der Waals surface area contributed by atoms with Crippen LogP contribution in [0.3, 0.4) is 0 Å². The normalized spacial score (nSPS) is 21.2. The van der Waals surface area contributed by atoms with E-state index in [0.29, 0.717) is 12.6 Å². The number of nitrogens with zero attached hydrogens (tertiary/aromatic N) is 4. The molecular formula is C18H23N5O. The molecule has 2 aromatic rings. The van der Waals surface area contributed by atoms with E-state index in [1.54, 1.807) is 0 Å². The van der Waals surface area contributed by atoms with Crippen LogP contribution in [-0.4, -0.2) is 42.8 Å². The third-order valence-electron chi connectivity index (χ3n) is 4.71. The molecule has 2 saturated heterocycles. The van der Waals surface area contributed by atoms with Gasteiger partial charge in [-0.05, 0) is 18.4 Å². The second-order valence-electron chi connectivity index (χ2n) is 6.35. The molecule has 3 heterocycles. The zero-order valence-electron chi connectivity index (χ0n) is 13.8. The quantitative estimate of drug-likeness (QED) is 0.933. The fourth-order valence-electron chi connectivity index (χ4n) is 3.44. The van der Waals surface area contributed by atoms with Crippen molar-refractivity contribution in [2.75, 3.05) is 48.3 Å². The van der Waals surface area contributed by atoms with Crippen LogP contribution < -0.4 is 15.5 Å². The molecule has 1 aromatic heterocycles. The van der Waals surface area contributed by atoms with Gasteiger partial charge in [0.1, 0.15) is 17.7 Å². The molecule has 0 bridgehead atoms. The van der Waals surface area contributed by atoms with E-state index in [0.717, 1.165) is 37.8 Å². The summed E-state index contributed by atoms with van der Waals surface area (Å²) in [5, 5.41) is 0. The largest absolute Gasteiger partial charge is 0.370 e. The Morgan fingerprint density at radius 2 is 1.67 bits per heavy atom. The Morgan fingerprint density at radius 1 is 0.958 bits per heavy atom. The van der Waals surface area contributed by atoms with Crippen LogP contribution in [0.5, 0.6) is 0 Å². The SMILES string of the molecule is Nc1nc(N2CCCC2)cc(N2CCOC(c3ccccc3)C2)n1. The molecule has 4 rings (SSSR count). The number of hydrogen-bond acceptors (Lipinski definition) is 6. The summed E-state index contributed by atoms with van der Waals surface area (Å²) in [6, 6.07) is 12.4. The topological polar surface area (TPSA) is 67.5 Å². The molecule has 1 aromatic carbocycles. The van der Waals surface area contributed by atoms with Crippen molar-refractivity contribution in [2.24, 2.45) is 0 Å². The molecule has 1 atom stereocenters. The summed E-state index contributed by atoms with van der Waals surface area (Å²) in [6.07, 6.45) is 2.49. The molecule has 1 unspecified atom stereocenters. The van der Waals surface area contributed by atoms with E-state index in [9.17, 15) is 0 Å². The number of nitrogens with two attached hydrogens (primary N) is 1. The van der Waals surface area contributed by atoms with E-state index >= 15 is 0 Å². The van der Waals surface area contributed by atoms with Gasteiger partial charge in [0.15, 0.2) is 0 Å². The van der Waals surface area contributed by atoms with Crippen LogP contribution in [0.4, 0.5) is 17.6 Å². The Morgan fingerprint density at radius 3 is 2.42 bits per heavy atom. The zero-order chi connectivity index (χ0) is 16.4. The van der Waals surface area contributed by atoms with E-state index in [-0.39, 0.29) is 6.10 Å². The predicted octanol–water partition coefficient (Wildman–Crippen LogP) is 2.24. The minimum absolute atomic E-state index is 0.0615. The third kappa shape index (κ3) is 3.14. The summed E-state index contributed by atoms with van der Waals surface area (Å²) in [4.78, 5) is 13.4. The minimum Gasteiger partial charge on any atom is -0.370 e. The number of rotatable bonds is 3. The Bertz CT molecular complexity index is 687. The van der Waals surface area contributed by atoms with Crippen molar-refractivity contribution in [1.29, 1.82) is 0 Å². The van der Waals surface area contributed by atoms with Gasteiger partial charge in [-0.2, -0.15) is 9.97 Å². The molecule has 6 nitrogen and oxygen atoms in total. The Hall–Kier alpha value is -2.34. The van der Waals surface area contributed by atoms with Crippen LogP contribution >= 0.6 is 0 Å². The minimum atomic E-state index is 0.0615. The Balaban J connectivity index is 1.56. The standard InChI is InChI=1S/C18H23N5O/c19-18-20-16(22-8-4-5-9-22)12-17(21-18)23-10-11-24-15(13-23)14-6-2-1-3-7-14/h1-3,6-7,12,15H,4-5,8-11,13H2,(H2,19,20,21). The number of aromatic nitrogens is 2. The van der Waals surface area contributed by atoms with Crippen LogP contribution in [-0.2, 0) is 4.74 Å². The van der Waals surface area contributed by atoms with Crippen LogP contribution in [0.15, 0.2) is 36.4 Å². The van der Waals surface area contributed by atoms with Gasteiger partial charge in [-0.25, -0.2) is 0 Å². The van der Waals surface area contributed by atoms with Crippen molar-refractivity contribution in [1.82, 2.24) is 9.97 Å². The first-order valence-corrected chi connectivity index (χ1v) is 8.60. The first-order valence-electron chi connectivity index (χ1n) is 8.60. The molecular weight excluding hydrogens is 302 g/mol. The van der Waals surface area contributed by atoms with Crippen molar-refractivity contribution in [3.05, 3.63) is 42.0 Å². The second kappa shape index (κ2) is 6.65.